The van der Waals surface area contributed by atoms with E-state index in [0.717, 1.165) is 31.8 Å². The quantitative estimate of drug-likeness (QED) is 0.0586. The fourth-order valence-electron chi connectivity index (χ4n) is 6.73. The Kier molecular flexibility index (Phi) is 13.7. The first-order valence-electron chi connectivity index (χ1n) is 17.7. The second-order valence-corrected chi connectivity index (χ2v) is 16.4. The fourth-order valence-corrected chi connectivity index (χ4v) is 11.1. The number of pyridine rings is 1. The molecule has 1 fully saturated rings. The molecule has 3 aromatic carbocycles. The summed E-state index contributed by atoms with van der Waals surface area (Å²) < 4.78 is 23.8. The van der Waals surface area contributed by atoms with Crippen molar-refractivity contribution in [1.29, 1.82) is 0 Å². The van der Waals surface area contributed by atoms with Gasteiger partial charge in [0.1, 0.15) is 41.5 Å². The minimum atomic E-state index is -1.87. The van der Waals surface area contributed by atoms with Gasteiger partial charge in [0, 0.05) is 33.4 Å². The number of rotatable bonds is 16. The lowest BCUT2D eigenvalue weighted by atomic mass is 10.1. The van der Waals surface area contributed by atoms with E-state index in [1.54, 1.807) is 29.1 Å². The summed E-state index contributed by atoms with van der Waals surface area (Å²) in [5, 5.41) is 7.16. The van der Waals surface area contributed by atoms with E-state index in [-0.39, 0.29) is 12.5 Å². The summed E-state index contributed by atoms with van der Waals surface area (Å²) in [4.78, 5) is 48.7. The Hall–Kier alpha value is -4.92. The lowest BCUT2D eigenvalue weighted by Crippen LogP contribution is -2.49. The number of nitrogens with one attached hydrogen (secondary N) is 1. The van der Waals surface area contributed by atoms with Crippen molar-refractivity contribution in [3.8, 4) is 0 Å². The Morgan fingerprint density at radius 3 is 1.75 bits per heavy atom. The molecular formula is C41H47N2O8P+2. The third kappa shape index (κ3) is 9.69. The highest BCUT2D eigenvalue weighted by Gasteiger charge is 2.54. The average Bonchev–Trinajstić information content (AvgIpc) is 3.48. The van der Waals surface area contributed by atoms with E-state index < -0.39 is 49.7 Å². The van der Waals surface area contributed by atoms with Gasteiger partial charge < -0.3 is 24.3 Å². The molecule has 272 valence electrons. The lowest BCUT2D eigenvalue weighted by Gasteiger charge is -2.27. The number of aromatic nitrogens is 1. The van der Waals surface area contributed by atoms with Crippen LogP contribution in [0.3, 0.4) is 0 Å². The highest BCUT2D eigenvalue weighted by atomic mass is 31.2. The van der Waals surface area contributed by atoms with Crippen LogP contribution in [0.15, 0.2) is 116 Å². The molecule has 2 heterocycles. The van der Waals surface area contributed by atoms with Gasteiger partial charge in [-0.2, -0.15) is 4.57 Å². The molecule has 0 bridgehead atoms. The first-order valence-corrected chi connectivity index (χ1v) is 19.6. The Balaban J connectivity index is 1.20. The summed E-state index contributed by atoms with van der Waals surface area (Å²) in [5.41, 5.74) is 0.378. The molecule has 52 heavy (non-hydrogen) atoms. The minimum absolute atomic E-state index is 0.213. The average molecular weight is 727 g/mol. The van der Waals surface area contributed by atoms with Crippen LogP contribution in [0.5, 0.6) is 0 Å². The van der Waals surface area contributed by atoms with Gasteiger partial charge in [0.05, 0.1) is 6.16 Å². The second-order valence-electron chi connectivity index (χ2n) is 12.8. The SMILES string of the molecule is CC(=O)OC[C@H]1O[C@@H]([n+]2cccc(C(=O)NCCCCCC[P+](c3ccccc3)(c3ccccc3)c3ccccc3)c2)[C@H](OC(C)=O)[C@@H]1OC(C)=O. The third-order valence-electron chi connectivity index (χ3n) is 9.02. The molecule has 5 rings (SSSR count). The molecule has 0 radical (unpaired) electrons. The van der Waals surface area contributed by atoms with Crippen molar-refractivity contribution in [2.45, 2.75) is 71.0 Å². The van der Waals surface area contributed by atoms with Gasteiger partial charge in [-0.3, -0.25) is 19.2 Å². The van der Waals surface area contributed by atoms with Gasteiger partial charge in [0.15, 0.2) is 18.5 Å². The molecule has 1 aliphatic rings. The van der Waals surface area contributed by atoms with E-state index in [1.807, 2.05) is 0 Å². The van der Waals surface area contributed by atoms with E-state index in [9.17, 15) is 19.2 Å². The zero-order valence-electron chi connectivity index (χ0n) is 29.9. The monoisotopic (exact) mass is 726 g/mol. The summed E-state index contributed by atoms with van der Waals surface area (Å²) in [6.07, 6.45) is 4.28. The van der Waals surface area contributed by atoms with Gasteiger partial charge in [0.2, 0.25) is 6.10 Å². The van der Waals surface area contributed by atoms with Gasteiger partial charge in [-0.1, -0.05) is 61.0 Å². The van der Waals surface area contributed by atoms with Gasteiger partial charge in [-0.15, -0.1) is 0 Å². The number of nitrogens with zero attached hydrogens (tertiary/aromatic N) is 1. The van der Waals surface area contributed by atoms with Crippen molar-refractivity contribution in [1.82, 2.24) is 5.32 Å². The van der Waals surface area contributed by atoms with Crippen LogP contribution in [0.25, 0.3) is 0 Å². The van der Waals surface area contributed by atoms with E-state index in [0.29, 0.717) is 12.1 Å². The van der Waals surface area contributed by atoms with E-state index in [1.165, 1.54) is 36.7 Å². The Morgan fingerprint density at radius 2 is 1.21 bits per heavy atom. The summed E-state index contributed by atoms with van der Waals surface area (Å²) in [6, 6.07) is 36.0. The number of carbonyl (C=O) groups excluding carboxylic acids is 4. The number of hydrogen-bond donors (Lipinski definition) is 1. The number of amides is 1. The molecule has 10 nitrogen and oxygen atoms in total. The van der Waals surface area contributed by atoms with Gasteiger partial charge in [-0.25, -0.2) is 0 Å². The summed E-state index contributed by atoms with van der Waals surface area (Å²) in [5.74, 6) is -2.01. The first kappa shape index (κ1) is 38.3. The van der Waals surface area contributed by atoms with Crippen LogP contribution in [0.2, 0.25) is 0 Å². The van der Waals surface area contributed by atoms with Gasteiger partial charge in [0.25, 0.3) is 5.91 Å². The minimum Gasteiger partial charge on any atom is -0.463 e. The van der Waals surface area contributed by atoms with Gasteiger partial charge >= 0.3 is 24.1 Å². The molecule has 1 N–H and O–H groups in total. The molecule has 0 unspecified atom stereocenters. The van der Waals surface area contributed by atoms with Crippen molar-refractivity contribution in [2.75, 3.05) is 19.3 Å². The van der Waals surface area contributed by atoms with Crippen molar-refractivity contribution in [3.63, 3.8) is 0 Å². The predicted molar refractivity (Wildman–Crippen MR) is 199 cm³/mol. The molecule has 4 aromatic rings. The maximum Gasteiger partial charge on any atom is 0.304 e. The smallest absolute Gasteiger partial charge is 0.304 e. The van der Waals surface area contributed by atoms with Gasteiger partial charge in [-0.05, 0) is 61.7 Å². The molecule has 1 amide bonds. The van der Waals surface area contributed by atoms with Crippen LogP contribution in [-0.4, -0.2) is 61.4 Å². The number of esters is 3. The van der Waals surface area contributed by atoms with E-state index in [2.05, 4.69) is 96.3 Å². The Bertz CT molecular complexity index is 1690. The molecular weight excluding hydrogens is 679 g/mol. The number of unbranched alkanes of at least 4 members (excludes halogenated alkanes) is 3. The molecule has 11 heteroatoms. The highest BCUT2D eigenvalue weighted by molar-refractivity contribution is 7.95. The zero-order valence-corrected chi connectivity index (χ0v) is 30.8. The van der Waals surface area contributed by atoms with Crippen molar-refractivity contribution in [2.24, 2.45) is 0 Å². The normalized spacial score (nSPS) is 18.3. The number of carbonyl (C=O) groups is 4. The molecule has 4 atom stereocenters. The molecule has 1 saturated heterocycles. The number of benzene rings is 3. The van der Waals surface area contributed by atoms with E-state index >= 15 is 0 Å². The molecule has 1 aliphatic heterocycles. The van der Waals surface area contributed by atoms with Crippen LogP contribution < -0.4 is 25.8 Å². The second kappa shape index (κ2) is 18.5. The zero-order chi connectivity index (χ0) is 36.9. The summed E-state index contributed by atoms with van der Waals surface area (Å²) in [6.45, 7) is 4.02. The Labute approximate surface area is 305 Å². The number of ether oxygens (including phenoxy) is 4. The fraction of sp³-hybridized carbons (Fsp3) is 0.341. The topological polar surface area (TPSA) is 121 Å². The maximum absolute atomic E-state index is 13.2. The Morgan fingerprint density at radius 1 is 0.673 bits per heavy atom. The van der Waals surface area contributed by atoms with Crippen molar-refractivity contribution in [3.05, 3.63) is 121 Å². The van der Waals surface area contributed by atoms with E-state index in [4.69, 9.17) is 18.9 Å². The molecule has 0 saturated carbocycles. The molecule has 1 aromatic heterocycles. The predicted octanol–water partition coefficient (Wildman–Crippen LogP) is 4.58. The number of hydrogen-bond acceptors (Lipinski definition) is 8. The van der Waals surface area contributed by atoms with Crippen LogP contribution in [0, 0.1) is 0 Å². The van der Waals surface area contributed by atoms with Crippen LogP contribution in [-0.2, 0) is 33.3 Å². The summed E-state index contributed by atoms with van der Waals surface area (Å²) in [7, 11) is -1.87. The van der Waals surface area contributed by atoms with Crippen LogP contribution in [0.1, 0.15) is 63.0 Å². The van der Waals surface area contributed by atoms with Crippen molar-refractivity contribution < 1.29 is 42.7 Å². The lowest BCUT2D eigenvalue weighted by molar-refractivity contribution is -0.765. The standard InChI is InChI=1S/C41H46N2O8P/c1-30(44)48-29-37-38(49-31(2)45)39(50-32(3)46)41(51-37)43-26-17-18-33(28-43)40(47)42-25-15-4-5-16-27-52(34-19-9-6-10-20-34,35-21-11-7-12-22-35)36-23-13-8-14-24-36/h6-14,17-24,26,28,37-39,41H,4-5,15-16,25,27,29H2,1-3H3/q+1/p+1/t37-,38-,39-,41-/m1/s1. The molecule has 0 spiro atoms. The third-order valence-corrected chi connectivity index (χ3v) is 13.5. The highest BCUT2D eigenvalue weighted by Crippen LogP contribution is 2.56. The summed E-state index contributed by atoms with van der Waals surface area (Å²) >= 11 is 0. The molecule has 0 aliphatic carbocycles. The van der Waals surface area contributed by atoms with Crippen LogP contribution >= 0.6 is 7.26 Å². The first-order chi connectivity index (χ1) is 25.2. The van der Waals surface area contributed by atoms with Crippen LogP contribution in [0.4, 0.5) is 0 Å². The largest absolute Gasteiger partial charge is 0.463 e. The van der Waals surface area contributed by atoms with Crippen molar-refractivity contribution >= 4 is 47.0 Å². The maximum atomic E-state index is 13.2.